The minimum absolute atomic E-state index is 0.115. The molecule has 1 unspecified atom stereocenters. The summed E-state index contributed by atoms with van der Waals surface area (Å²) in [5.74, 6) is -2.37. The number of alkyl halides is 3. The molecule has 5 nitrogen and oxygen atoms in total. The Morgan fingerprint density at radius 1 is 1.33 bits per heavy atom. The van der Waals surface area contributed by atoms with Crippen LogP contribution in [0.25, 0.3) is 0 Å². The minimum Gasteiger partial charge on any atom is -0.465 e. The summed E-state index contributed by atoms with van der Waals surface area (Å²) in [4.78, 5) is 23.2. The number of nitrogens with one attached hydrogen (secondary N) is 1. The molecule has 0 aliphatic carbocycles. The zero-order valence-corrected chi connectivity index (χ0v) is 11.8. The van der Waals surface area contributed by atoms with Crippen molar-refractivity contribution in [2.75, 3.05) is 12.4 Å². The summed E-state index contributed by atoms with van der Waals surface area (Å²) in [6, 6.07) is 3.66. The molecule has 0 radical (unpaired) electrons. The molecule has 21 heavy (non-hydrogen) atoms. The molecule has 0 spiro atoms. The number of methoxy groups -OCH3 is 1. The highest BCUT2D eigenvalue weighted by atomic mass is 35.5. The second-order valence-electron chi connectivity index (χ2n) is 4.34. The lowest BCUT2D eigenvalue weighted by molar-refractivity contribution is -0.184. The van der Waals surface area contributed by atoms with Crippen molar-refractivity contribution < 1.29 is 27.5 Å². The van der Waals surface area contributed by atoms with Crippen LogP contribution in [-0.2, 0) is 9.53 Å². The predicted octanol–water partition coefficient (Wildman–Crippen LogP) is 2.34. The highest BCUT2D eigenvalue weighted by molar-refractivity contribution is 6.31. The molecule has 1 atom stereocenters. The van der Waals surface area contributed by atoms with Crippen molar-refractivity contribution in [2.24, 2.45) is 5.73 Å². The number of carbonyl (C=O) groups is 2. The van der Waals surface area contributed by atoms with Gasteiger partial charge in [0.1, 0.15) is 0 Å². The topological polar surface area (TPSA) is 81.4 Å². The van der Waals surface area contributed by atoms with Gasteiger partial charge >= 0.3 is 12.1 Å². The molecule has 0 aliphatic heterocycles. The number of esters is 1. The first-order valence-corrected chi connectivity index (χ1v) is 5.93. The maximum Gasteiger partial charge on any atom is 0.415 e. The van der Waals surface area contributed by atoms with Gasteiger partial charge in [0.25, 0.3) is 5.91 Å². The second kappa shape index (κ2) is 5.90. The van der Waals surface area contributed by atoms with E-state index in [1.54, 1.807) is 0 Å². The smallest absolute Gasteiger partial charge is 0.415 e. The quantitative estimate of drug-likeness (QED) is 0.836. The van der Waals surface area contributed by atoms with Gasteiger partial charge in [-0.05, 0) is 25.1 Å². The first-order chi connectivity index (χ1) is 9.50. The van der Waals surface area contributed by atoms with Crippen LogP contribution in [0.15, 0.2) is 18.2 Å². The van der Waals surface area contributed by atoms with Crippen molar-refractivity contribution >= 4 is 29.2 Å². The molecule has 0 fully saturated rings. The third-order valence-corrected chi connectivity index (χ3v) is 2.93. The Hall–Kier alpha value is -1.80. The van der Waals surface area contributed by atoms with E-state index < -0.39 is 23.6 Å². The number of rotatable bonds is 3. The van der Waals surface area contributed by atoms with E-state index in [9.17, 15) is 22.8 Å². The van der Waals surface area contributed by atoms with Crippen LogP contribution in [0.1, 0.15) is 17.3 Å². The zero-order valence-electron chi connectivity index (χ0n) is 11.0. The van der Waals surface area contributed by atoms with Gasteiger partial charge in [-0.25, -0.2) is 4.79 Å². The number of benzene rings is 1. The lowest BCUT2D eigenvalue weighted by Gasteiger charge is -2.26. The van der Waals surface area contributed by atoms with Gasteiger partial charge < -0.3 is 15.8 Å². The molecule has 1 amide bonds. The lowest BCUT2D eigenvalue weighted by atomic mass is 10.0. The van der Waals surface area contributed by atoms with Crippen LogP contribution < -0.4 is 11.1 Å². The van der Waals surface area contributed by atoms with Gasteiger partial charge in [-0.1, -0.05) is 11.6 Å². The molecule has 0 heterocycles. The van der Waals surface area contributed by atoms with E-state index in [-0.39, 0.29) is 16.3 Å². The van der Waals surface area contributed by atoms with Crippen molar-refractivity contribution in [3.63, 3.8) is 0 Å². The fourth-order valence-corrected chi connectivity index (χ4v) is 1.46. The van der Waals surface area contributed by atoms with Gasteiger partial charge in [0, 0.05) is 5.02 Å². The van der Waals surface area contributed by atoms with E-state index in [1.807, 2.05) is 5.32 Å². The lowest BCUT2D eigenvalue weighted by Crippen LogP contribution is -2.59. The molecule has 0 aromatic heterocycles. The standard InChI is InChI=1S/C12H12ClF3N2O3/c1-11(17,12(14,15)16)10(20)18-8-5-6(13)3-4-7(8)9(19)21-2/h3-5H,17H2,1-2H3,(H,18,20). The summed E-state index contributed by atoms with van der Waals surface area (Å²) >= 11 is 5.70. The number of nitrogens with two attached hydrogens (primary N) is 1. The maximum atomic E-state index is 12.7. The van der Waals surface area contributed by atoms with Crippen LogP contribution in [0.4, 0.5) is 18.9 Å². The van der Waals surface area contributed by atoms with E-state index >= 15 is 0 Å². The van der Waals surface area contributed by atoms with Crippen LogP contribution in [0.2, 0.25) is 5.02 Å². The summed E-state index contributed by atoms with van der Waals surface area (Å²) < 4.78 is 42.5. The highest BCUT2D eigenvalue weighted by Crippen LogP contribution is 2.30. The highest BCUT2D eigenvalue weighted by Gasteiger charge is 2.54. The van der Waals surface area contributed by atoms with Crippen molar-refractivity contribution in [3.8, 4) is 0 Å². The molecule has 0 saturated heterocycles. The third kappa shape index (κ3) is 3.64. The Morgan fingerprint density at radius 2 is 1.90 bits per heavy atom. The normalized spacial score (nSPS) is 14.2. The van der Waals surface area contributed by atoms with E-state index in [1.165, 1.54) is 12.1 Å². The number of ether oxygens (including phenoxy) is 1. The van der Waals surface area contributed by atoms with Gasteiger partial charge in [0.2, 0.25) is 0 Å². The molecule has 9 heteroatoms. The summed E-state index contributed by atoms with van der Waals surface area (Å²) in [6.45, 7) is 0.519. The number of amides is 1. The Bertz CT molecular complexity index is 573. The average molecular weight is 325 g/mol. The SMILES string of the molecule is COC(=O)c1ccc(Cl)cc1NC(=O)C(C)(N)C(F)(F)F. The van der Waals surface area contributed by atoms with E-state index in [2.05, 4.69) is 4.74 Å². The number of halogens is 4. The van der Waals surface area contributed by atoms with E-state index in [4.69, 9.17) is 17.3 Å². The van der Waals surface area contributed by atoms with Crippen LogP contribution >= 0.6 is 11.6 Å². The fraction of sp³-hybridized carbons (Fsp3) is 0.333. The molecule has 1 aromatic carbocycles. The van der Waals surface area contributed by atoms with Gasteiger partial charge in [0.05, 0.1) is 18.4 Å². The minimum atomic E-state index is -4.96. The number of carbonyl (C=O) groups excluding carboxylic acids is 2. The van der Waals surface area contributed by atoms with Crippen LogP contribution in [0.3, 0.4) is 0 Å². The Kier molecular flexibility index (Phi) is 4.85. The molecule has 1 rings (SSSR count). The number of anilines is 1. The maximum absolute atomic E-state index is 12.7. The van der Waals surface area contributed by atoms with Crippen LogP contribution in [0, 0.1) is 0 Å². The Labute approximate surface area is 123 Å². The van der Waals surface area contributed by atoms with Crippen molar-refractivity contribution in [3.05, 3.63) is 28.8 Å². The second-order valence-corrected chi connectivity index (χ2v) is 4.77. The zero-order chi connectivity index (χ0) is 16.4. The molecular formula is C12H12ClF3N2O3. The molecular weight excluding hydrogens is 313 g/mol. The first-order valence-electron chi connectivity index (χ1n) is 5.55. The van der Waals surface area contributed by atoms with Gasteiger partial charge in [-0.15, -0.1) is 0 Å². The molecule has 1 aromatic rings. The largest absolute Gasteiger partial charge is 0.465 e. The van der Waals surface area contributed by atoms with E-state index in [0.29, 0.717) is 6.92 Å². The molecule has 3 N–H and O–H groups in total. The fourth-order valence-electron chi connectivity index (χ4n) is 1.29. The number of hydrogen-bond donors (Lipinski definition) is 2. The van der Waals surface area contributed by atoms with Crippen molar-refractivity contribution in [1.29, 1.82) is 0 Å². The van der Waals surface area contributed by atoms with Crippen LogP contribution in [0.5, 0.6) is 0 Å². The van der Waals surface area contributed by atoms with Crippen molar-refractivity contribution in [2.45, 2.75) is 18.6 Å². The summed E-state index contributed by atoms with van der Waals surface area (Å²) in [5, 5.41) is 2.06. The molecule has 0 saturated carbocycles. The molecule has 116 valence electrons. The average Bonchev–Trinajstić information content (AvgIpc) is 2.36. The molecule has 0 bridgehead atoms. The summed E-state index contributed by atoms with van der Waals surface area (Å²) in [5.41, 5.74) is 1.51. The predicted molar refractivity (Wildman–Crippen MR) is 70.1 cm³/mol. The molecule has 0 aliphatic rings. The van der Waals surface area contributed by atoms with E-state index in [0.717, 1.165) is 13.2 Å². The number of hydrogen-bond acceptors (Lipinski definition) is 4. The van der Waals surface area contributed by atoms with Gasteiger partial charge in [0.15, 0.2) is 5.54 Å². The van der Waals surface area contributed by atoms with Crippen molar-refractivity contribution in [1.82, 2.24) is 0 Å². The first kappa shape index (κ1) is 17.3. The summed E-state index contributed by atoms with van der Waals surface area (Å²) in [6.07, 6.45) is -4.96. The van der Waals surface area contributed by atoms with Crippen LogP contribution in [-0.4, -0.2) is 30.7 Å². The van der Waals surface area contributed by atoms with Gasteiger partial charge in [-0.2, -0.15) is 13.2 Å². The Balaban J connectivity index is 3.16. The Morgan fingerprint density at radius 3 is 2.38 bits per heavy atom. The third-order valence-electron chi connectivity index (χ3n) is 2.70. The summed E-state index contributed by atoms with van der Waals surface area (Å²) in [7, 11) is 1.09. The van der Waals surface area contributed by atoms with Gasteiger partial charge in [-0.3, -0.25) is 4.79 Å². The monoisotopic (exact) mass is 324 g/mol.